The van der Waals surface area contributed by atoms with E-state index >= 15 is 0 Å². The highest BCUT2D eigenvalue weighted by atomic mass is 32.1. The van der Waals surface area contributed by atoms with Gasteiger partial charge in [-0.3, -0.25) is 9.59 Å². The van der Waals surface area contributed by atoms with E-state index in [-0.39, 0.29) is 32.1 Å². The van der Waals surface area contributed by atoms with Crippen LogP contribution >= 0.6 is 11.3 Å². The number of amides is 1. The highest BCUT2D eigenvalue weighted by Crippen LogP contribution is 2.25. The Morgan fingerprint density at radius 3 is 2.62 bits per heavy atom. The summed E-state index contributed by atoms with van der Waals surface area (Å²) < 4.78 is 11.7. The molecule has 0 aliphatic carbocycles. The molecular weight excluding hydrogens is 392 g/mol. The number of nitrogens with zero attached hydrogens (tertiary/aromatic N) is 4. The van der Waals surface area contributed by atoms with Crippen LogP contribution in [-0.2, 0) is 14.3 Å². The lowest BCUT2D eigenvalue weighted by atomic mass is 10.3. The van der Waals surface area contributed by atoms with Crippen LogP contribution in [0.5, 0.6) is 0 Å². The van der Waals surface area contributed by atoms with E-state index in [1.807, 2.05) is 47.8 Å². The largest absolute Gasteiger partial charge is 0.465 e. The summed E-state index contributed by atoms with van der Waals surface area (Å²) in [6.45, 7) is 2.28. The first-order chi connectivity index (χ1) is 14.1. The average Bonchev–Trinajstić information content (AvgIpc) is 3.41. The van der Waals surface area contributed by atoms with Gasteiger partial charge in [0.25, 0.3) is 5.91 Å². The number of benzene rings is 1. The Morgan fingerprint density at radius 2 is 1.97 bits per heavy atom. The van der Waals surface area contributed by atoms with Gasteiger partial charge in [0.2, 0.25) is 5.82 Å². The molecule has 0 aliphatic heterocycles. The minimum Gasteiger partial charge on any atom is -0.465 e. The number of ether oxygens (including phenoxy) is 2. The first-order valence-corrected chi connectivity index (χ1v) is 10.0. The summed E-state index contributed by atoms with van der Waals surface area (Å²) in [5.41, 5.74) is 0.788. The number of thiophene rings is 1. The first-order valence-electron chi connectivity index (χ1n) is 9.14. The van der Waals surface area contributed by atoms with Crippen molar-refractivity contribution in [2.24, 2.45) is 0 Å². The zero-order chi connectivity index (χ0) is 20.6. The van der Waals surface area contributed by atoms with Crippen LogP contribution in [0.25, 0.3) is 16.4 Å². The molecule has 1 amide bonds. The molecule has 8 nitrogen and oxygen atoms in total. The van der Waals surface area contributed by atoms with Gasteiger partial charge in [-0.25, -0.2) is 9.67 Å². The Hall–Kier alpha value is -3.04. The van der Waals surface area contributed by atoms with Crippen LogP contribution in [0.4, 0.5) is 0 Å². The summed E-state index contributed by atoms with van der Waals surface area (Å²) >= 11 is 1.51. The lowest BCUT2D eigenvalue weighted by Gasteiger charge is -2.19. The fourth-order valence-electron chi connectivity index (χ4n) is 2.67. The molecule has 0 saturated carbocycles. The van der Waals surface area contributed by atoms with E-state index in [9.17, 15) is 9.59 Å². The molecule has 3 rings (SSSR count). The van der Waals surface area contributed by atoms with Gasteiger partial charge in [-0.2, -0.15) is 0 Å². The quantitative estimate of drug-likeness (QED) is 0.501. The molecule has 0 aliphatic rings. The van der Waals surface area contributed by atoms with Crippen LogP contribution in [0.15, 0.2) is 47.8 Å². The maximum atomic E-state index is 13.1. The molecule has 0 atom stereocenters. The minimum atomic E-state index is -0.488. The topological polar surface area (TPSA) is 86.5 Å². The average molecular weight is 414 g/mol. The number of esters is 1. The molecule has 0 radical (unpaired) electrons. The summed E-state index contributed by atoms with van der Waals surface area (Å²) in [6, 6.07) is 13.3. The summed E-state index contributed by atoms with van der Waals surface area (Å²) in [5.74, 6) is -0.365. The Morgan fingerprint density at radius 1 is 1.17 bits per heavy atom. The third-order valence-corrected chi connectivity index (χ3v) is 4.88. The van der Waals surface area contributed by atoms with E-state index in [2.05, 4.69) is 10.1 Å². The van der Waals surface area contributed by atoms with Crippen molar-refractivity contribution in [3.63, 3.8) is 0 Å². The normalized spacial score (nSPS) is 10.7. The lowest BCUT2D eigenvalue weighted by Crippen LogP contribution is -2.39. The monoisotopic (exact) mass is 414 g/mol. The molecule has 1 aromatic carbocycles. The Labute approximate surface area is 172 Å². The van der Waals surface area contributed by atoms with E-state index < -0.39 is 11.9 Å². The van der Waals surface area contributed by atoms with Crippen LogP contribution in [-0.4, -0.2) is 65.0 Å². The zero-order valence-corrected chi connectivity index (χ0v) is 17.1. The summed E-state index contributed by atoms with van der Waals surface area (Å²) in [6.07, 6.45) is 0. The fourth-order valence-corrected chi connectivity index (χ4v) is 3.37. The number of rotatable bonds is 9. The van der Waals surface area contributed by atoms with Crippen molar-refractivity contribution < 1.29 is 19.1 Å². The second-order valence-electron chi connectivity index (χ2n) is 6.01. The third kappa shape index (κ3) is 5.07. The highest BCUT2D eigenvalue weighted by molar-refractivity contribution is 7.13. The standard InChI is InChI=1S/C20H22N4O4S/c1-3-28-17(25)14-23(11-12-27-2)20(26)18-21-19(16-10-7-13-29-16)24(22-18)15-8-5-4-6-9-15/h4-10,13H,3,11-12,14H2,1-2H3. The fraction of sp³-hybridized carbons (Fsp3) is 0.300. The van der Waals surface area contributed by atoms with Gasteiger partial charge in [0.15, 0.2) is 5.82 Å². The maximum absolute atomic E-state index is 13.1. The van der Waals surface area contributed by atoms with Crippen LogP contribution in [0.2, 0.25) is 0 Å². The van der Waals surface area contributed by atoms with Gasteiger partial charge in [-0.05, 0) is 30.5 Å². The van der Waals surface area contributed by atoms with Crippen LogP contribution in [0, 0.1) is 0 Å². The highest BCUT2D eigenvalue weighted by Gasteiger charge is 2.25. The Kier molecular flexibility index (Phi) is 7.09. The molecule has 3 aromatic rings. The van der Waals surface area contributed by atoms with Gasteiger partial charge in [0.1, 0.15) is 6.54 Å². The molecular formula is C20H22N4O4S. The molecule has 0 fully saturated rings. The van der Waals surface area contributed by atoms with Crippen molar-refractivity contribution in [3.05, 3.63) is 53.7 Å². The number of para-hydroxylation sites is 1. The smallest absolute Gasteiger partial charge is 0.325 e. The maximum Gasteiger partial charge on any atom is 0.325 e. The number of hydrogen-bond acceptors (Lipinski definition) is 7. The van der Waals surface area contributed by atoms with Gasteiger partial charge < -0.3 is 14.4 Å². The van der Waals surface area contributed by atoms with Gasteiger partial charge >= 0.3 is 5.97 Å². The number of aromatic nitrogens is 3. The number of methoxy groups -OCH3 is 1. The summed E-state index contributed by atoms with van der Waals surface area (Å²) in [4.78, 5) is 31.7. The van der Waals surface area contributed by atoms with E-state index in [1.165, 1.54) is 23.3 Å². The molecule has 29 heavy (non-hydrogen) atoms. The molecule has 0 N–H and O–H groups in total. The van der Waals surface area contributed by atoms with Crippen molar-refractivity contribution >= 4 is 23.2 Å². The van der Waals surface area contributed by atoms with Crippen molar-refractivity contribution in [2.45, 2.75) is 6.92 Å². The molecule has 2 heterocycles. The van der Waals surface area contributed by atoms with Crippen LogP contribution in [0.3, 0.4) is 0 Å². The number of carbonyl (C=O) groups excluding carboxylic acids is 2. The molecule has 152 valence electrons. The molecule has 0 saturated heterocycles. The second-order valence-corrected chi connectivity index (χ2v) is 6.96. The molecule has 2 aromatic heterocycles. The molecule has 0 unspecified atom stereocenters. The predicted octanol–water partition coefficient (Wildman–Crippen LogP) is 2.65. The van der Waals surface area contributed by atoms with Crippen LogP contribution < -0.4 is 0 Å². The Balaban J connectivity index is 1.95. The van der Waals surface area contributed by atoms with Crippen molar-refractivity contribution in [3.8, 4) is 16.4 Å². The summed E-state index contributed by atoms with van der Waals surface area (Å²) in [5, 5.41) is 6.38. The second kappa shape index (κ2) is 9.94. The van der Waals surface area contributed by atoms with Gasteiger partial charge in [0, 0.05) is 13.7 Å². The molecule has 0 bridgehead atoms. The van der Waals surface area contributed by atoms with E-state index in [1.54, 1.807) is 11.6 Å². The van der Waals surface area contributed by atoms with E-state index in [0.717, 1.165) is 10.6 Å². The van der Waals surface area contributed by atoms with E-state index in [4.69, 9.17) is 9.47 Å². The Bertz CT molecular complexity index is 941. The third-order valence-electron chi connectivity index (χ3n) is 4.02. The zero-order valence-electron chi connectivity index (χ0n) is 16.3. The molecule has 0 spiro atoms. The first kappa shape index (κ1) is 20.7. The van der Waals surface area contributed by atoms with Gasteiger partial charge in [0.05, 0.1) is 23.8 Å². The van der Waals surface area contributed by atoms with Crippen molar-refractivity contribution in [1.82, 2.24) is 19.7 Å². The predicted molar refractivity (Wildman–Crippen MR) is 109 cm³/mol. The van der Waals surface area contributed by atoms with E-state index in [0.29, 0.717) is 5.82 Å². The molecule has 9 heteroatoms. The summed E-state index contributed by atoms with van der Waals surface area (Å²) in [7, 11) is 1.53. The van der Waals surface area contributed by atoms with Crippen molar-refractivity contribution in [2.75, 3.05) is 33.4 Å². The number of carbonyl (C=O) groups is 2. The van der Waals surface area contributed by atoms with Gasteiger partial charge in [-0.15, -0.1) is 16.4 Å². The van der Waals surface area contributed by atoms with Crippen molar-refractivity contribution in [1.29, 1.82) is 0 Å². The minimum absolute atomic E-state index is 0.0117. The SMILES string of the molecule is CCOC(=O)CN(CCOC)C(=O)c1nc(-c2cccs2)n(-c2ccccc2)n1. The van der Waals surface area contributed by atoms with Gasteiger partial charge in [-0.1, -0.05) is 24.3 Å². The lowest BCUT2D eigenvalue weighted by molar-refractivity contribution is -0.143. The van der Waals surface area contributed by atoms with Crippen LogP contribution in [0.1, 0.15) is 17.5 Å². The number of hydrogen-bond donors (Lipinski definition) is 0.